The van der Waals surface area contributed by atoms with Crippen molar-refractivity contribution < 1.29 is 4.42 Å². The molecule has 0 unspecified atom stereocenters. The number of hydrogen-bond donors (Lipinski definition) is 0. The predicted octanol–water partition coefficient (Wildman–Crippen LogP) is 4.81. The van der Waals surface area contributed by atoms with E-state index in [0.717, 1.165) is 32.7 Å². The summed E-state index contributed by atoms with van der Waals surface area (Å²) in [7, 11) is 4.07. The number of furan rings is 1. The van der Waals surface area contributed by atoms with E-state index in [1.54, 1.807) is 0 Å². The number of fused-ring (bicyclic) bond motifs is 1. The highest BCUT2D eigenvalue weighted by Crippen LogP contribution is 2.16. The van der Waals surface area contributed by atoms with Gasteiger partial charge in [0.2, 0.25) is 0 Å². The third kappa shape index (κ3) is 3.62. The Bertz CT molecular complexity index is 1200. The number of hydrogen-bond acceptors (Lipinski definition) is 2. The van der Waals surface area contributed by atoms with Crippen molar-refractivity contribution in [1.29, 1.82) is 0 Å². The lowest BCUT2D eigenvalue weighted by molar-refractivity contribution is 0.508. The van der Waals surface area contributed by atoms with Crippen LogP contribution in [0, 0.1) is 0 Å². The zero-order valence-electron chi connectivity index (χ0n) is 15.3. The summed E-state index contributed by atoms with van der Waals surface area (Å²) in [6, 6.07) is 24.4. The molecule has 0 saturated carbocycles. The van der Waals surface area contributed by atoms with Crippen molar-refractivity contribution in [2.75, 3.05) is 19.0 Å². The summed E-state index contributed by atoms with van der Waals surface area (Å²) in [5.41, 5.74) is 4.88. The van der Waals surface area contributed by atoms with Crippen LogP contribution in [0.4, 0.5) is 5.69 Å². The molecule has 0 radical (unpaired) electrons. The van der Waals surface area contributed by atoms with E-state index in [-0.39, 0.29) is 0 Å². The van der Waals surface area contributed by atoms with Crippen molar-refractivity contribution in [2.24, 2.45) is 0 Å². The molecule has 3 aromatic carbocycles. The van der Waals surface area contributed by atoms with E-state index in [1.165, 1.54) is 5.69 Å². The van der Waals surface area contributed by atoms with Gasteiger partial charge in [-0.2, -0.15) is 0 Å². The van der Waals surface area contributed by atoms with Crippen LogP contribution in [-0.2, 0) is 0 Å². The van der Waals surface area contributed by atoms with E-state index in [2.05, 4.69) is 47.4 Å². The summed E-state index contributed by atoms with van der Waals surface area (Å²) >= 11 is 6.32. The van der Waals surface area contributed by atoms with Gasteiger partial charge >= 0.3 is 0 Å². The van der Waals surface area contributed by atoms with Gasteiger partial charge in [0.1, 0.15) is 10.8 Å². The fourth-order valence-corrected chi connectivity index (χ4v) is 3.30. The monoisotopic (exact) mass is 373 g/mol. The molecule has 0 atom stereocenters. The molecule has 0 bridgehead atoms. The smallest absolute Gasteiger partial charge is 0.136 e. The molecule has 2 nitrogen and oxygen atoms in total. The molecule has 0 amide bonds. The molecule has 134 valence electrons. The van der Waals surface area contributed by atoms with Gasteiger partial charge in [0, 0.05) is 35.6 Å². The van der Waals surface area contributed by atoms with Crippen LogP contribution in [0.3, 0.4) is 0 Å². The summed E-state index contributed by atoms with van der Waals surface area (Å²) in [5, 5.41) is 2.88. The minimum atomic E-state index is 0.711. The molecule has 0 saturated heterocycles. The van der Waals surface area contributed by atoms with Gasteiger partial charge in [-0.05, 0) is 41.5 Å². The second-order valence-electron chi connectivity index (χ2n) is 6.67. The van der Waals surface area contributed by atoms with Crippen LogP contribution in [0.25, 0.3) is 22.9 Å². The van der Waals surface area contributed by atoms with Gasteiger partial charge in [-0.15, -0.1) is 0 Å². The number of halogens is 1. The van der Waals surface area contributed by atoms with Gasteiger partial charge in [0.15, 0.2) is 0 Å². The van der Waals surface area contributed by atoms with E-state index < -0.39 is 0 Å². The standard InChI is InChI=1S/C24H20ClNO/c1-26(2)19-13-11-17(12-14-19)15-23-20-8-4-5-9-21(20)24(27-23)16-18-7-3-6-10-22(18)25/h3-16H,1-2H3/b23-15-,24-16-. The first-order valence-electron chi connectivity index (χ1n) is 8.85. The van der Waals surface area contributed by atoms with Gasteiger partial charge in [-0.25, -0.2) is 0 Å². The Hall–Kier alpha value is -2.97. The molecule has 1 heterocycles. The molecular weight excluding hydrogens is 354 g/mol. The first kappa shape index (κ1) is 17.4. The van der Waals surface area contributed by atoms with Gasteiger partial charge in [0.05, 0.1) is 0 Å². The van der Waals surface area contributed by atoms with Crippen LogP contribution in [-0.4, -0.2) is 14.1 Å². The van der Waals surface area contributed by atoms with E-state index in [9.17, 15) is 0 Å². The lowest BCUT2D eigenvalue weighted by Crippen LogP contribution is -2.08. The Morgan fingerprint density at radius 3 is 1.96 bits per heavy atom. The van der Waals surface area contributed by atoms with Gasteiger partial charge in [-0.3, -0.25) is 0 Å². The molecule has 1 aromatic heterocycles. The zero-order valence-corrected chi connectivity index (χ0v) is 16.1. The first-order valence-corrected chi connectivity index (χ1v) is 9.22. The lowest BCUT2D eigenvalue weighted by atomic mass is 10.1. The Labute approximate surface area is 163 Å². The second kappa shape index (κ2) is 7.34. The highest BCUT2D eigenvalue weighted by atomic mass is 35.5. The molecule has 0 aliphatic carbocycles. The van der Waals surface area contributed by atoms with Crippen LogP contribution in [0.5, 0.6) is 0 Å². The van der Waals surface area contributed by atoms with Crippen LogP contribution in [0.2, 0.25) is 5.02 Å². The van der Waals surface area contributed by atoms with Gasteiger partial charge < -0.3 is 9.32 Å². The van der Waals surface area contributed by atoms with Crippen molar-refractivity contribution in [1.82, 2.24) is 0 Å². The summed E-state index contributed by atoms with van der Waals surface area (Å²) in [6.45, 7) is 0. The number of anilines is 1. The van der Waals surface area contributed by atoms with Crippen molar-refractivity contribution in [3.05, 3.63) is 99.8 Å². The van der Waals surface area contributed by atoms with Crippen molar-refractivity contribution in [3.63, 3.8) is 0 Å². The summed E-state index contributed by atoms with van der Waals surface area (Å²) in [4.78, 5) is 2.09. The Morgan fingerprint density at radius 2 is 1.33 bits per heavy atom. The Morgan fingerprint density at radius 1 is 0.741 bits per heavy atom. The Balaban J connectivity index is 1.89. The van der Waals surface area contributed by atoms with Crippen molar-refractivity contribution in [2.45, 2.75) is 0 Å². The second-order valence-corrected chi connectivity index (χ2v) is 7.08. The molecule has 27 heavy (non-hydrogen) atoms. The number of benzene rings is 3. The minimum Gasteiger partial charge on any atom is -0.456 e. The third-order valence-electron chi connectivity index (χ3n) is 4.58. The van der Waals surface area contributed by atoms with Crippen LogP contribution in [0.1, 0.15) is 11.1 Å². The average molecular weight is 374 g/mol. The maximum atomic E-state index is 6.32. The molecule has 0 aliphatic rings. The van der Waals surface area contributed by atoms with Gasteiger partial charge in [-0.1, -0.05) is 66.2 Å². The van der Waals surface area contributed by atoms with Crippen LogP contribution < -0.4 is 15.7 Å². The molecule has 0 aliphatic heterocycles. The number of nitrogens with zero attached hydrogens (tertiary/aromatic N) is 1. The first-order chi connectivity index (χ1) is 13.1. The quantitative estimate of drug-likeness (QED) is 0.512. The number of rotatable bonds is 3. The van der Waals surface area contributed by atoms with Crippen LogP contribution >= 0.6 is 11.6 Å². The van der Waals surface area contributed by atoms with E-state index >= 15 is 0 Å². The fraction of sp³-hybridized carbons (Fsp3) is 0.0833. The molecule has 4 rings (SSSR count). The van der Waals surface area contributed by atoms with Crippen LogP contribution in [0.15, 0.2) is 77.2 Å². The predicted molar refractivity (Wildman–Crippen MR) is 115 cm³/mol. The highest BCUT2D eigenvalue weighted by molar-refractivity contribution is 6.32. The maximum Gasteiger partial charge on any atom is 0.136 e. The molecular formula is C24H20ClNO. The van der Waals surface area contributed by atoms with Crippen molar-refractivity contribution >= 4 is 40.2 Å². The summed E-state index contributed by atoms with van der Waals surface area (Å²) in [5.74, 6) is 0. The Kier molecular flexibility index (Phi) is 4.74. The summed E-state index contributed by atoms with van der Waals surface area (Å²) < 4.78 is 6.23. The molecule has 0 N–H and O–H groups in total. The summed E-state index contributed by atoms with van der Waals surface area (Å²) in [6.07, 6.45) is 4.07. The van der Waals surface area contributed by atoms with Crippen molar-refractivity contribution in [3.8, 4) is 0 Å². The fourth-order valence-electron chi connectivity index (χ4n) is 3.11. The molecule has 3 heteroatoms. The lowest BCUT2D eigenvalue weighted by Gasteiger charge is -2.11. The average Bonchev–Trinajstić information content (AvgIpc) is 3.02. The highest BCUT2D eigenvalue weighted by Gasteiger charge is 2.04. The van der Waals surface area contributed by atoms with E-state index in [0.29, 0.717) is 5.02 Å². The van der Waals surface area contributed by atoms with E-state index in [4.69, 9.17) is 16.0 Å². The zero-order chi connectivity index (χ0) is 18.8. The normalized spacial score (nSPS) is 12.7. The SMILES string of the molecule is CN(C)c1ccc(/C=c2\o/c(=C\c3ccccc3Cl)c3ccccc23)cc1. The minimum absolute atomic E-state index is 0.711. The molecule has 0 spiro atoms. The molecule has 4 aromatic rings. The van der Waals surface area contributed by atoms with Gasteiger partial charge in [0.25, 0.3) is 0 Å². The van der Waals surface area contributed by atoms with E-state index in [1.807, 2.05) is 56.6 Å². The largest absolute Gasteiger partial charge is 0.456 e. The third-order valence-corrected chi connectivity index (χ3v) is 4.92. The topological polar surface area (TPSA) is 16.4 Å². The maximum absolute atomic E-state index is 6.32. The molecule has 0 fully saturated rings.